The molecule has 1 saturated heterocycles. The molecule has 1 aliphatic rings. The van der Waals surface area contributed by atoms with E-state index in [0.717, 1.165) is 0 Å². The molecule has 1 heterocycles. The minimum atomic E-state index is -1.02. The van der Waals surface area contributed by atoms with Gasteiger partial charge in [0.1, 0.15) is 6.04 Å². The van der Waals surface area contributed by atoms with Gasteiger partial charge in [0.2, 0.25) is 0 Å². The zero-order valence-corrected chi connectivity index (χ0v) is 13.2. The summed E-state index contributed by atoms with van der Waals surface area (Å²) in [6, 6.07) is -1.27. The van der Waals surface area contributed by atoms with Gasteiger partial charge in [-0.1, -0.05) is 20.8 Å². The summed E-state index contributed by atoms with van der Waals surface area (Å²) < 4.78 is 5.74. The second-order valence-corrected chi connectivity index (χ2v) is 7.16. The van der Waals surface area contributed by atoms with E-state index in [1.807, 2.05) is 20.8 Å². The molecule has 2 atom stereocenters. The summed E-state index contributed by atoms with van der Waals surface area (Å²) in [6.07, 6.45) is -0.0672. The summed E-state index contributed by atoms with van der Waals surface area (Å²) in [7, 11) is 0. The van der Waals surface area contributed by atoms with E-state index in [2.05, 4.69) is 5.32 Å². The SMILES string of the molecule is CC1CN(C(=O)NC(C(=O)O)C(C)(C)C)CC(C)(C)O1. The van der Waals surface area contributed by atoms with E-state index in [9.17, 15) is 14.7 Å². The summed E-state index contributed by atoms with van der Waals surface area (Å²) in [5.41, 5.74) is -0.968. The molecule has 0 spiro atoms. The molecule has 2 N–H and O–H groups in total. The maximum atomic E-state index is 12.3. The average Bonchev–Trinajstić information content (AvgIpc) is 2.20. The number of carbonyl (C=O) groups excluding carboxylic acids is 1. The number of rotatable bonds is 2. The fourth-order valence-electron chi connectivity index (χ4n) is 2.47. The van der Waals surface area contributed by atoms with Crippen LogP contribution < -0.4 is 5.32 Å². The Morgan fingerprint density at radius 1 is 1.40 bits per heavy atom. The molecule has 6 nitrogen and oxygen atoms in total. The van der Waals surface area contributed by atoms with Crippen molar-refractivity contribution >= 4 is 12.0 Å². The highest BCUT2D eigenvalue weighted by atomic mass is 16.5. The highest BCUT2D eigenvalue weighted by molar-refractivity contribution is 5.83. The van der Waals surface area contributed by atoms with Gasteiger partial charge in [-0.2, -0.15) is 0 Å². The Morgan fingerprint density at radius 2 is 1.95 bits per heavy atom. The van der Waals surface area contributed by atoms with E-state index in [4.69, 9.17) is 4.74 Å². The van der Waals surface area contributed by atoms with Gasteiger partial charge in [0.05, 0.1) is 18.2 Å². The summed E-state index contributed by atoms with van der Waals surface area (Å²) in [5.74, 6) is -1.02. The zero-order chi connectivity index (χ0) is 15.7. The van der Waals surface area contributed by atoms with Crippen LogP contribution in [0.2, 0.25) is 0 Å². The van der Waals surface area contributed by atoms with Gasteiger partial charge < -0.3 is 20.1 Å². The molecule has 1 fully saturated rings. The maximum absolute atomic E-state index is 12.3. The number of carbonyl (C=O) groups is 2. The molecule has 2 unspecified atom stereocenters. The summed E-state index contributed by atoms with van der Waals surface area (Å²) in [6.45, 7) is 12.0. The first-order valence-corrected chi connectivity index (χ1v) is 6.88. The molecule has 6 heteroatoms. The third kappa shape index (κ3) is 4.37. The first kappa shape index (κ1) is 16.8. The third-order valence-electron chi connectivity index (χ3n) is 3.24. The van der Waals surface area contributed by atoms with Crippen molar-refractivity contribution in [2.75, 3.05) is 13.1 Å². The first-order valence-electron chi connectivity index (χ1n) is 6.88. The van der Waals surface area contributed by atoms with Crippen LogP contribution in [0.25, 0.3) is 0 Å². The fourth-order valence-corrected chi connectivity index (χ4v) is 2.47. The standard InChI is InChI=1S/C14H26N2O4/c1-9-7-16(8-14(5,6)20-9)12(19)15-10(11(17)18)13(2,3)4/h9-10H,7-8H2,1-6H3,(H,15,19)(H,17,18). The van der Waals surface area contributed by atoms with Gasteiger partial charge in [0, 0.05) is 6.54 Å². The number of aliphatic carboxylic acids is 1. The number of hydrogen-bond acceptors (Lipinski definition) is 3. The summed E-state index contributed by atoms with van der Waals surface area (Å²) in [4.78, 5) is 25.2. The van der Waals surface area contributed by atoms with Crippen LogP contribution in [0, 0.1) is 5.41 Å². The van der Waals surface area contributed by atoms with E-state index in [-0.39, 0.29) is 12.1 Å². The van der Waals surface area contributed by atoms with Crippen molar-refractivity contribution in [3.05, 3.63) is 0 Å². The number of morpholine rings is 1. The smallest absolute Gasteiger partial charge is 0.326 e. The second-order valence-electron chi connectivity index (χ2n) is 7.16. The Kier molecular flexibility index (Phi) is 4.69. The number of carboxylic acids is 1. The Hall–Kier alpha value is -1.30. The fraction of sp³-hybridized carbons (Fsp3) is 0.857. The van der Waals surface area contributed by atoms with Crippen molar-refractivity contribution in [2.45, 2.75) is 59.3 Å². The van der Waals surface area contributed by atoms with Crippen LogP contribution in [0.1, 0.15) is 41.5 Å². The van der Waals surface area contributed by atoms with Crippen molar-refractivity contribution < 1.29 is 19.4 Å². The van der Waals surface area contributed by atoms with Crippen molar-refractivity contribution in [3.63, 3.8) is 0 Å². The lowest BCUT2D eigenvalue weighted by Gasteiger charge is -2.42. The number of urea groups is 1. The molecule has 2 amide bonds. The Labute approximate surface area is 120 Å². The van der Waals surface area contributed by atoms with Crippen molar-refractivity contribution in [2.24, 2.45) is 5.41 Å². The second kappa shape index (κ2) is 5.60. The topological polar surface area (TPSA) is 78.9 Å². The maximum Gasteiger partial charge on any atom is 0.326 e. The van der Waals surface area contributed by atoms with Gasteiger partial charge in [0.15, 0.2) is 0 Å². The Balaban J connectivity index is 2.77. The van der Waals surface area contributed by atoms with Crippen LogP contribution >= 0.6 is 0 Å². The minimum absolute atomic E-state index is 0.0672. The molecule has 116 valence electrons. The molecule has 0 aliphatic carbocycles. The van der Waals surface area contributed by atoms with E-state index in [1.54, 1.807) is 25.7 Å². The number of nitrogens with one attached hydrogen (secondary N) is 1. The molecule has 0 aromatic rings. The van der Waals surface area contributed by atoms with Gasteiger partial charge in [-0.3, -0.25) is 0 Å². The zero-order valence-electron chi connectivity index (χ0n) is 13.2. The van der Waals surface area contributed by atoms with Gasteiger partial charge >= 0.3 is 12.0 Å². The molecule has 0 bridgehead atoms. The molecule has 20 heavy (non-hydrogen) atoms. The van der Waals surface area contributed by atoms with Crippen LogP contribution in [0.4, 0.5) is 4.79 Å². The lowest BCUT2D eigenvalue weighted by molar-refractivity contribution is -0.142. The van der Waals surface area contributed by atoms with E-state index in [0.29, 0.717) is 13.1 Å². The number of amides is 2. The van der Waals surface area contributed by atoms with E-state index in [1.165, 1.54) is 0 Å². The minimum Gasteiger partial charge on any atom is -0.480 e. The van der Waals surface area contributed by atoms with Crippen molar-refractivity contribution in [1.29, 1.82) is 0 Å². The van der Waals surface area contributed by atoms with Gasteiger partial charge in [-0.25, -0.2) is 9.59 Å². The van der Waals surface area contributed by atoms with E-state index >= 15 is 0 Å². The number of ether oxygens (including phenoxy) is 1. The average molecular weight is 286 g/mol. The summed E-state index contributed by atoms with van der Waals surface area (Å²) >= 11 is 0. The normalized spacial score (nSPS) is 24.1. The molecular weight excluding hydrogens is 260 g/mol. The summed E-state index contributed by atoms with van der Waals surface area (Å²) in [5, 5.41) is 11.9. The first-order chi connectivity index (χ1) is 8.92. The van der Waals surface area contributed by atoms with Gasteiger partial charge in [-0.05, 0) is 26.2 Å². The molecule has 0 saturated carbocycles. The number of nitrogens with zero attached hydrogens (tertiary/aromatic N) is 1. The van der Waals surface area contributed by atoms with Crippen LogP contribution in [0.3, 0.4) is 0 Å². The molecule has 1 aliphatic heterocycles. The molecular formula is C14H26N2O4. The predicted octanol–water partition coefficient (Wildman–Crippen LogP) is 1.69. The molecule has 0 radical (unpaired) electrons. The third-order valence-corrected chi connectivity index (χ3v) is 3.24. The molecule has 1 rings (SSSR count). The predicted molar refractivity (Wildman–Crippen MR) is 75.6 cm³/mol. The van der Waals surface area contributed by atoms with Crippen LogP contribution in [-0.4, -0.2) is 52.8 Å². The van der Waals surface area contributed by atoms with Crippen LogP contribution in [0.15, 0.2) is 0 Å². The number of carboxylic acid groups (broad SMARTS) is 1. The van der Waals surface area contributed by atoms with Crippen LogP contribution in [0.5, 0.6) is 0 Å². The molecule has 0 aromatic carbocycles. The van der Waals surface area contributed by atoms with E-state index < -0.39 is 23.0 Å². The van der Waals surface area contributed by atoms with Crippen molar-refractivity contribution in [3.8, 4) is 0 Å². The van der Waals surface area contributed by atoms with Crippen LogP contribution in [-0.2, 0) is 9.53 Å². The van der Waals surface area contributed by atoms with Crippen molar-refractivity contribution in [1.82, 2.24) is 10.2 Å². The highest BCUT2D eigenvalue weighted by Gasteiger charge is 2.37. The Bertz CT molecular complexity index is 387. The largest absolute Gasteiger partial charge is 0.480 e. The quantitative estimate of drug-likeness (QED) is 0.809. The monoisotopic (exact) mass is 286 g/mol. The van der Waals surface area contributed by atoms with Gasteiger partial charge in [0.25, 0.3) is 0 Å². The molecule has 0 aromatic heterocycles. The lowest BCUT2D eigenvalue weighted by Crippen LogP contribution is -2.59. The lowest BCUT2D eigenvalue weighted by atomic mass is 9.87. The Morgan fingerprint density at radius 3 is 2.35 bits per heavy atom. The highest BCUT2D eigenvalue weighted by Crippen LogP contribution is 2.23. The number of hydrogen-bond donors (Lipinski definition) is 2. The van der Waals surface area contributed by atoms with Gasteiger partial charge in [-0.15, -0.1) is 0 Å².